The number of benzene rings is 2. The van der Waals surface area contributed by atoms with Crippen molar-refractivity contribution in [3.8, 4) is 5.69 Å². The molecule has 3 rings (SSSR count). The van der Waals surface area contributed by atoms with Crippen LogP contribution in [0.4, 0.5) is 5.69 Å². The first-order valence-electron chi connectivity index (χ1n) is 8.78. The van der Waals surface area contributed by atoms with Gasteiger partial charge in [0.05, 0.1) is 16.8 Å². The third-order valence-electron chi connectivity index (χ3n) is 4.21. The van der Waals surface area contributed by atoms with Gasteiger partial charge < -0.3 is 5.32 Å². The maximum absolute atomic E-state index is 12.2. The number of sulfonamides is 1. The standard InChI is InChI=1S/C20H22N4O3S/c1-23(2)28(26,27)19-11-9-17(10-12-19)22-20(25)13-8-16-14-21-24(15-16)18-6-4-3-5-7-18/h3-7,9-12,14-15H,8,13H2,1-2H3,(H,22,25). The van der Waals surface area contributed by atoms with Crippen LogP contribution >= 0.6 is 0 Å². The maximum Gasteiger partial charge on any atom is 0.242 e. The lowest BCUT2D eigenvalue weighted by Gasteiger charge is -2.12. The van der Waals surface area contributed by atoms with Gasteiger partial charge in [0.1, 0.15) is 0 Å². The molecule has 146 valence electrons. The zero-order chi connectivity index (χ0) is 20.1. The summed E-state index contributed by atoms with van der Waals surface area (Å²) in [5.41, 5.74) is 2.49. The molecule has 1 aromatic heterocycles. The summed E-state index contributed by atoms with van der Waals surface area (Å²) >= 11 is 0. The van der Waals surface area contributed by atoms with E-state index in [-0.39, 0.29) is 10.8 Å². The van der Waals surface area contributed by atoms with Crippen LogP contribution < -0.4 is 5.32 Å². The molecule has 0 spiro atoms. The fourth-order valence-corrected chi connectivity index (χ4v) is 3.52. The van der Waals surface area contributed by atoms with Crippen LogP contribution in [0, 0.1) is 0 Å². The molecule has 0 aliphatic rings. The summed E-state index contributed by atoms with van der Waals surface area (Å²) in [6, 6.07) is 15.9. The van der Waals surface area contributed by atoms with Crippen molar-refractivity contribution < 1.29 is 13.2 Å². The van der Waals surface area contributed by atoms with Gasteiger partial charge in [-0.1, -0.05) is 18.2 Å². The number of nitrogens with zero attached hydrogens (tertiary/aromatic N) is 3. The minimum absolute atomic E-state index is 0.143. The van der Waals surface area contributed by atoms with Gasteiger partial charge in [-0.25, -0.2) is 17.4 Å². The predicted octanol–water partition coefficient (Wildman–Crippen LogP) is 2.69. The van der Waals surface area contributed by atoms with Gasteiger partial charge in [0.2, 0.25) is 15.9 Å². The summed E-state index contributed by atoms with van der Waals surface area (Å²) in [6.07, 6.45) is 4.52. The average Bonchev–Trinajstić information content (AvgIpc) is 3.16. The largest absolute Gasteiger partial charge is 0.326 e. The van der Waals surface area contributed by atoms with Crippen molar-refractivity contribution in [1.29, 1.82) is 0 Å². The molecule has 0 aliphatic heterocycles. The van der Waals surface area contributed by atoms with Gasteiger partial charge in [-0.2, -0.15) is 5.10 Å². The van der Waals surface area contributed by atoms with Crippen molar-refractivity contribution in [2.75, 3.05) is 19.4 Å². The fourth-order valence-electron chi connectivity index (χ4n) is 2.61. The predicted molar refractivity (Wildman–Crippen MR) is 108 cm³/mol. The fraction of sp³-hybridized carbons (Fsp3) is 0.200. The molecule has 0 radical (unpaired) electrons. The molecule has 8 heteroatoms. The molecule has 0 atom stereocenters. The van der Waals surface area contributed by atoms with E-state index in [2.05, 4.69) is 10.4 Å². The topological polar surface area (TPSA) is 84.3 Å². The van der Waals surface area contributed by atoms with E-state index in [1.54, 1.807) is 23.0 Å². The Morgan fingerprint density at radius 2 is 1.75 bits per heavy atom. The minimum atomic E-state index is -3.48. The summed E-state index contributed by atoms with van der Waals surface area (Å²) in [5, 5.41) is 7.10. The second kappa shape index (κ2) is 8.37. The Balaban J connectivity index is 1.56. The summed E-state index contributed by atoms with van der Waals surface area (Å²) < 4.78 is 27.0. The molecule has 1 heterocycles. The van der Waals surface area contributed by atoms with E-state index in [1.165, 1.54) is 26.2 Å². The quantitative estimate of drug-likeness (QED) is 0.663. The first-order chi connectivity index (χ1) is 13.4. The Kier molecular flexibility index (Phi) is 5.91. The summed E-state index contributed by atoms with van der Waals surface area (Å²) in [4.78, 5) is 12.4. The van der Waals surface area contributed by atoms with Gasteiger partial charge >= 0.3 is 0 Å². The van der Waals surface area contributed by atoms with Crippen molar-refractivity contribution in [2.45, 2.75) is 17.7 Å². The third kappa shape index (κ3) is 4.65. The lowest BCUT2D eigenvalue weighted by atomic mass is 10.2. The van der Waals surface area contributed by atoms with Crippen LogP contribution in [-0.4, -0.2) is 42.5 Å². The molecule has 1 amide bonds. The number of aryl methyl sites for hydroxylation is 1. The molecular weight excluding hydrogens is 376 g/mol. The smallest absolute Gasteiger partial charge is 0.242 e. The van der Waals surface area contributed by atoms with E-state index in [0.29, 0.717) is 18.5 Å². The lowest BCUT2D eigenvalue weighted by molar-refractivity contribution is -0.116. The molecule has 0 saturated carbocycles. The van der Waals surface area contributed by atoms with Crippen LogP contribution in [0.25, 0.3) is 5.69 Å². The van der Waals surface area contributed by atoms with Crippen LogP contribution in [0.5, 0.6) is 0 Å². The van der Waals surface area contributed by atoms with Crippen LogP contribution in [-0.2, 0) is 21.2 Å². The Morgan fingerprint density at radius 3 is 2.39 bits per heavy atom. The van der Waals surface area contributed by atoms with E-state index in [4.69, 9.17) is 0 Å². The van der Waals surface area contributed by atoms with Gasteiger partial charge in [0.25, 0.3) is 0 Å². The molecule has 0 aliphatic carbocycles. The first kappa shape index (κ1) is 19.8. The molecule has 7 nitrogen and oxygen atoms in total. The lowest BCUT2D eigenvalue weighted by Crippen LogP contribution is -2.22. The van der Waals surface area contributed by atoms with Crippen molar-refractivity contribution in [3.05, 3.63) is 72.6 Å². The van der Waals surface area contributed by atoms with E-state index >= 15 is 0 Å². The zero-order valence-electron chi connectivity index (χ0n) is 15.7. The summed E-state index contributed by atoms with van der Waals surface area (Å²) in [6.45, 7) is 0. The van der Waals surface area contributed by atoms with Crippen LogP contribution in [0.2, 0.25) is 0 Å². The number of rotatable bonds is 7. The van der Waals surface area contributed by atoms with Crippen molar-refractivity contribution >= 4 is 21.6 Å². The van der Waals surface area contributed by atoms with Crippen molar-refractivity contribution in [3.63, 3.8) is 0 Å². The van der Waals surface area contributed by atoms with E-state index in [0.717, 1.165) is 15.6 Å². The van der Waals surface area contributed by atoms with Crippen LogP contribution in [0.3, 0.4) is 0 Å². The van der Waals surface area contributed by atoms with Crippen LogP contribution in [0.15, 0.2) is 71.9 Å². The second-order valence-electron chi connectivity index (χ2n) is 6.49. The first-order valence-corrected chi connectivity index (χ1v) is 10.2. The number of nitrogens with one attached hydrogen (secondary N) is 1. The maximum atomic E-state index is 12.2. The van der Waals surface area contributed by atoms with Crippen molar-refractivity contribution in [1.82, 2.24) is 14.1 Å². The van der Waals surface area contributed by atoms with Gasteiger partial charge in [-0.05, 0) is 48.4 Å². The van der Waals surface area contributed by atoms with E-state index in [1.807, 2.05) is 36.5 Å². The normalized spacial score (nSPS) is 11.5. The molecule has 0 bridgehead atoms. The molecule has 0 saturated heterocycles. The number of amides is 1. The highest BCUT2D eigenvalue weighted by Crippen LogP contribution is 2.17. The van der Waals surface area contributed by atoms with Gasteiger partial charge in [-0.3, -0.25) is 4.79 Å². The number of aromatic nitrogens is 2. The number of hydrogen-bond donors (Lipinski definition) is 1. The van der Waals surface area contributed by atoms with Gasteiger partial charge in [0.15, 0.2) is 0 Å². The summed E-state index contributed by atoms with van der Waals surface area (Å²) in [5.74, 6) is -0.143. The Bertz CT molecular complexity index is 1040. The molecule has 0 unspecified atom stereocenters. The van der Waals surface area contributed by atoms with Crippen molar-refractivity contribution in [2.24, 2.45) is 0 Å². The Labute approximate surface area is 164 Å². The number of para-hydroxylation sites is 1. The molecule has 1 N–H and O–H groups in total. The third-order valence-corrected chi connectivity index (χ3v) is 6.04. The average molecular weight is 398 g/mol. The molecular formula is C20H22N4O3S. The zero-order valence-corrected chi connectivity index (χ0v) is 16.6. The number of hydrogen-bond acceptors (Lipinski definition) is 4. The molecule has 28 heavy (non-hydrogen) atoms. The van der Waals surface area contributed by atoms with Gasteiger partial charge in [0, 0.05) is 32.4 Å². The minimum Gasteiger partial charge on any atom is -0.326 e. The molecule has 0 fully saturated rings. The number of carbonyl (C=O) groups is 1. The number of carbonyl (C=O) groups excluding carboxylic acids is 1. The highest BCUT2D eigenvalue weighted by Gasteiger charge is 2.16. The summed E-state index contributed by atoms with van der Waals surface area (Å²) in [7, 11) is -0.523. The SMILES string of the molecule is CN(C)S(=O)(=O)c1ccc(NC(=O)CCc2cnn(-c3ccccc3)c2)cc1. The monoisotopic (exact) mass is 398 g/mol. The van der Waals surface area contributed by atoms with E-state index in [9.17, 15) is 13.2 Å². The second-order valence-corrected chi connectivity index (χ2v) is 8.64. The highest BCUT2D eigenvalue weighted by molar-refractivity contribution is 7.89. The Hall–Kier alpha value is -2.97. The van der Waals surface area contributed by atoms with Crippen LogP contribution in [0.1, 0.15) is 12.0 Å². The Morgan fingerprint density at radius 1 is 1.07 bits per heavy atom. The van der Waals surface area contributed by atoms with E-state index < -0.39 is 10.0 Å². The number of anilines is 1. The van der Waals surface area contributed by atoms with Gasteiger partial charge in [-0.15, -0.1) is 0 Å². The highest BCUT2D eigenvalue weighted by atomic mass is 32.2. The molecule has 2 aromatic carbocycles. The molecule has 3 aromatic rings.